The highest BCUT2D eigenvalue weighted by molar-refractivity contribution is 6.11. The second-order valence-electron chi connectivity index (χ2n) is 17.4. The van der Waals surface area contributed by atoms with Gasteiger partial charge in [-0.3, -0.25) is 9.59 Å². The summed E-state index contributed by atoms with van der Waals surface area (Å²) >= 11 is 0. The molecule has 2 amide bonds. The van der Waals surface area contributed by atoms with E-state index in [-0.39, 0.29) is 29.5 Å². The maximum Gasteiger partial charge on any atom is 0.255 e. The Balaban J connectivity index is 1.18. The van der Waals surface area contributed by atoms with Crippen molar-refractivity contribution < 1.29 is 14.3 Å². The van der Waals surface area contributed by atoms with Crippen molar-refractivity contribution in [2.45, 2.75) is 134 Å². The number of ether oxygens (including phenoxy) is 1. The lowest BCUT2D eigenvalue weighted by Crippen LogP contribution is -2.51. The van der Waals surface area contributed by atoms with Gasteiger partial charge in [0.15, 0.2) is 0 Å². The predicted molar refractivity (Wildman–Crippen MR) is 216 cm³/mol. The highest BCUT2D eigenvalue weighted by Crippen LogP contribution is 2.56. The lowest BCUT2D eigenvalue weighted by atomic mass is 9.64. The van der Waals surface area contributed by atoms with Crippen molar-refractivity contribution in [1.29, 1.82) is 0 Å². The summed E-state index contributed by atoms with van der Waals surface area (Å²) in [7, 11) is 0. The summed E-state index contributed by atoms with van der Waals surface area (Å²) in [4.78, 5) is 42.3. The first-order valence-corrected chi connectivity index (χ1v) is 20.8. The maximum absolute atomic E-state index is 15.1. The van der Waals surface area contributed by atoms with Gasteiger partial charge in [-0.2, -0.15) is 0 Å². The summed E-state index contributed by atoms with van der Waals surface area (Å²) < 4.78 is 7.00. The lowest BCUT2D eigenvalue weighted by molar-refractivity contribution is -0.127. The Bertz CT molecular complexity index is 2200. The average Bonchev–Trinajstić information content (AvgIpc) is 3.19. The molecule has 7 nitrogen and oxygen atoms in total. The summed E-state index contributed by atoms with van der Waals surface area (Å²) in [5.74, 6) is 2.06. The third kappa shape index (κ3) is 6.31. The molecule has 1 N–H and O–H groups in total. The van der Waals surface area contributed by atoms with Crippen LogP contribution in [0.1, 0.15) is 138 Å². The molecule has 0 saturated heterocycles. The van der Waals surface area contributed by atoms with Crippen LogP contribution in [0.25, 0.3) is 32.8 Å². The monoisotopic (exact) mass is 722 g/mol. The lowest BCUT2D eigenvalue weighted by Gasteiger charge is -2.49. The van der Waals surface area contributed by atoms with Crippen molar-refractivity contribution >= 4 is 44.7 Å². The van der Waals surface area contributed by atoms with E-state index < -0.39 is 6.04 Å². The van der Waals surface area contributed by atoms with E-state index in [1.165, 1.54) is 18.4 Å². The van der Waals surface area contributed by atoms with Crippen molar-refractivity contribution in [3.05, 3.63) is 89.5 Å². The van der Waals surface area contributed by atoms with Crippen LogP contribution in [-0.4, -0.2) is 44.4 Å². The molecule has 3 fully saturated rings. The van der Waals surface area contributed by atoms with Gasteiger partial charge in [-0.1, -0.05) is 106 Å². The molecule has 4 aliphatic rings. The number of nitrogens with one attached hydrogen (secondary N) is 1. The minimum atomic E-state index is -0.716. The van der Waals surface area contributed by atoms with Gasteiger partial charge in [0, 0.05) is 39.9 Å². The van der Waals surface area contributed by atoms with Gasteiger partial charge in [0.05, 0.1) is 22.1 Å². The van der Waals surface area contributed by atoms with E-state index in [4.69, 9.17) is 14.7 Å². The SMILES string of the molecule is C[C@H]1CC[C@H]2[C@H](C1)c1c(c3ccccc3c3nc4ccc(C(=O)N(C5CCCCC5)C(C(=O)NC5CCCCC5)c5ccccc5)cc4nc13)OC2(C)C. The zero-order valence-corrected chi connectivity index (χ0v) is 32.2. The number of aromatic nitrogens is 2. The van der Waals surface area contributed by atoms with Crippen molar-refractivity contribution in [2.75, 3.05) is 0 Å². The number of amides is 2. The molecule has 0 spiro atoms. The molecular formula is C47H54N4O3. The Morgan fingerprint density at radius 1 is 0.778 bits per heavy atom. The molecule has 1 aromatic heterocycles. The van der Waals surface area contributed by atoms with Crippen LogP contribution in [0.5, 0.6) is 5.75 Å². The number of hydrogen-bond acceptors (Lipinski definition) is 5. The number of carbonyl (C=O) groups is 2. The van der Waals surface area contributed by atoms with Crippen LogP contribution in [-0.2, 0) is 4.79 Å². The van der Waals surface area contributed by atoms with E-state index in [1.54, 1.807) is 0 Å². The summed E-state index contributed by atoms with van der Waals surface area (Å²) in [6.45, 7) is 6.88. The Morgan fingerprint density at radius 3 is 2.22 bits per heavy atom. The van der Waals surface area contributed by atoms with Gasteiger partial charge in [0.1, 0.15) is 17.4 Å². The Labute approximate surface area is 319 Å². The molecule has 54 heavy (non-hydrogen) atoms. The standard InChI is InChI=1S/C47H54N4O3/c1-29-23-25-37-36(27-29)40-42-41(34-21-13-14-22-35(34)44(40)54-47(37,2)3)49-38-26-24-31(28-39(38)50-42)46(53)51(33-19-11-6-12-20-33)43(30-15-7-4-8-16-30)45(52)48-32-17-9-5-10-18-32/h4,7-8,13-16,21-22,24,26,28-29,32-33,36-37,43H,5-6,9-12,17-20,23,25,27H2,1-3H3,(H,48,52)/t29-,36-,37-,43?/m0/s1. The van der Waals surface area contributed by atoms with Gasteiger partial charge in [-0.25, -0.2) is 9.97 Å². The van der Waals surface area contributed by atoms with Gasteiger partial charge in [-0.15, -0.1) is 0 Å². The number of benzene rings is 4. The molecule has 0 bridgehead atoms. The van der Waals surface area contributed by atoms with E-state index in [0.29, 0.717) is 28.8 Å². The number of fused-ring (bicyclic) bond motifs is 9. The largest absolute Gasteiger partial charge is 0.487 e. The van der Waals surface area contributed by atoms with Gasteiger partial charge in [0.25, 0.3) is 5.91 Å². The number of hydrogen-bond donors (Lipinski definition) is 1. The minimum Gasteiger partial charge on any atom is -0.487 e. The van der Waals surface area contributed by atoms with Crippen LogP contribution < -0.4 is 10.1 Å². The third-order valence-corrected chi connectivity index (χ3v) is 13.4. The van der Waals surface area contributed by atoms with Crippen molar-refractivity contribution in [3.8, 4) is 5.75 Å². The van der Waals surface area contributed by atoms with Gasteiger partial charge >= 0.3 is 0 Å². The second kappa shape index (κ2) is 14.3. The minimum absolute atomic E-state index is 0.0314. The Morgan fingerprint density at radius 2 is 1.46 bits per heavy atom. The molecule has 1 unspecified atom stereocenters. The molecule has 1 aliphatic heterocycles. The van der Waals surface area contributed by atoms with E-state index in [0.717, 1.165) is 109 Å². The molecule has 280 valence electrons. The first kappa shape index (κ1) is 35.2. The van der Waals surface area contributed by atoms with E-state index in [9.17, 15) is 4.79 Å². The fraction of sp³-hybridized carbons (Fsp3) is 0.489. The van der Waals surface area contributed by atoms with Crippen LogP contribution in [0.4, 0.5) is 0 Å². The van der Waals surface area contributed by atoms with E-state index in [2.05, 4.69) is 50.4 Å². The highest BCUT2D eigenvalue weighted by Gasteiger charge is 2.48. The zero-order valence-electron chi connectivity index (χ0n) is 32.2. The molecule has 4 atom stereocenters. The number of nitrogens with zero attached hydrogens (tertiary/aromatic N) is 3. The van der Waals surface area contributed by atoms with Gasteiger partial charge < -0.3 is 15.0 Å². The molecule has 4 aromatic carbocycles. The quantitative estimate of drug-likeness (QED) is 0.139. The fourth-order valence-electron chi connectivity index (χ4n) is 10.6. The second-order valence-corrected chi connectivity index (χ2v) is 17.4. The smallest absolute Gasteiger partial charge is 0.255 e. The first-order chi connectivity index (χ1) is 26.3. The molecule has 0 radical (unpaired) electrons. The number of rotatable bonds is 6. The molecule has 3 aliphatic carbocycles. The van der Waals surface area contributed by atoms with Crippen molar-refractivity contribution in [3.63, 3.8) is 0 Å². The van der Waals surface area contributed by atoms with Gasteiger partial charge in [-0.05, 0) is 88.0 Å². The van der Waals surface area contributed by atoms with E-state index in [1.807, 2.05) is 53.4 Å². The summed E-state index contributed by atoms with van der Waals surface area (Å²) in [6.07, 6.45) is 13.9. The highest BCUT2D eigenvalue weighted by atomic mass is 16.5. The maximum atomic E-state index is 15.1. The topological polar surface area (TPSA) is 84.4 Å². The summed E-state index contributed by atoms with van der Waals surface area (Å²) in [5.41, 5.74) is 5.52. The molecule has 2 heterocycles. The van der Waals surface area contributed by atoms with Gasteiger partial charge in [0.2, 0.25) is 5.91 Å². The Hall–Kier alpha value is -4.52. The molecule has 5 aromatic rings. The van der Waals surface area contributed by atoms with Crippen molar-refractivity contribution in [1.82, 2.24) is 20.2 Å². The first-order valence-electron chi connectivity index (χ1n) is 20.8. The normalized spacial score (nSPS) is 23.6. The summed E-state index contributed by atoms with van der Waals surface area (Å²) in [5, 5.41) is 5.53. The zero-order chi connectivity index (χ0) is 37.0. The van der Waals surface area contributed by atoms with Crippen LogP contribution in [0.2, 0.25) is 0 Å². The van der Waals surface area contributed by atoms with E-state index >= 15 is 4.79 Å². The average molecular weight is 723 g/mol. The fourth-order valence-corrected chi connectivity index (χ4v) is 10.6. The molecular weight excluding hydrogens is 669 g/mol. The predicted octanol–water partition coefficient (Wildman–Crippen LogP) is 10.6. The van der Waals surface area contributed by atoms with Crippen LogP contribution >= 0.6 is 0 Å². The molecule has 7 heteroatoms. The van der Waals surface area contributed by atoms with Crippen LogP contribution in [0.3, 0.4) is 0 Å². The number of carbonyl (C=O) groups excluding carboxylic acids is 2. The third-order valence-electron chi connectivity index (χ3n) is 13.4. The molecule has 9 rings (SSSR count). The van der Waals surface area contributed by atoms with Crippen LogP contribution in [0, 0.1) is 11.8 Å². The van der Waals surface area contributed by atoms with Crippen molar-refractivity contribution in [2.24, 2.45) is 11.8 Å². The molecule has 3 saturated carbocycles. The summed E-state index contributed by atoms with van der Waals surface area (Å²) in [6, 6.07) is 23.6. The Kier molecular flexibility index (Phi) is 9.31. The van der Waals surface area contributed by atoms with Crippen LogP contribution in [0.15, 0.2) is 72.8 Å².